The Morgan fingerprint density at radius 2 is 1.83 bits per heavy atom. The van der Waals surface area contributed by atoms with Gasteiger partial charge in [-0.15, -0.1) is 0 Å². The summed E-state index contributed by atoms with van der Waals surface area (Å²) in [6.07, 6.45) is 6.03. The van der Waals surface area contributed by atoms with E-state index in [1.807, 2.05) is 63.2 Å². The molecule has 2 heterocycles. The maximum absolute atomic E-state index is 13.0. The van der Waals surface area contributed by atoms with Crippen molar-refractivity contribution in [2.24, 2.45) is 5.92 Å². The summed E-state index contributed by atoms with van der Waals surface area (Å²) >= 11 is 0. The van der Waals surface area contributed by atoms with Crippen LogP contribution in [-0.4, -0.2) is 36.6 Å². The Bertz CT molecular complexity index is 1440. The van der Waals surface area contributed by atoms with Crippen LogP contribution >= 0.6 is 0 Å². The molecule has 0 saturated heterocycles. The fourth-order valence-electron chi connectivity index (χ4n) is 5.35. The van der Waals surface area contributed by atoms with Gasteiger partial charge in [-0.1, -0.05) is 18.2 Å². The molecule has 2 aromatic carbocycles. The molecule has 1 saturated carbocycles. The Labute approximate surface area is 211 Å². The van der Waals surface area contributed by atoms with E-state index in [-0.39, 0.29) is 5.43 Å². The van der Waals surface area contributed by atoms with Crippen molar-refractivity contribution in [1.29, 1.82) is 0 Å². The Kier molecular flexibility index (Phi) is 6.92. The molecule has 0 spiro atoms. The molecule has 4 aromatic rings. The van der Waals surface area contributed by atoms with Gasteiger partial charge in [0.2, 0.25) is 5.95 Å². The van der Waals surface area contributed by atoms with Crippen molar-refractivity contribution in [3.63, 3.8) is 0 Å². The number of fused-ring (bicyclic) bond motifs is 2. The van der Waals surface area contributed by atoms with Crippen molar-refractivity contribution in [3.05, 3.63) is 69.6 Å². The first-order valence-electron chi connectivity index (χ1n) is 12.8. The first kappa shape index (κ1) is 24.3. The molecule has 0 atom stereocenters. The highest BCUT2D eigenvalue weighted by Crippen LogP contribution is 2.28. The molecule has 0 amide bonds. The van der Waals surface area contributed by atoms with Crippen LogP contribution in [0.3, 0.4) is 0 Å². The van der Waals surface area contributed by atoms with Gasteiger partial charge in [0.05, 0.1) is 17.2 Å². The number of nitrogens with one attached hydrogen (secondary N) is 2. The number of hydrogen-bond donors (Lipinski definition) is 2. The van der Waals surface area contributed by atoms with Gasteiger partial charge < -0.3 is 20.0 Å². The van der Waals surface area contributed by atoms with E-state index in [4.69, 9.17) is 14.4 Å². The van der Waals surface area contributed by atoms with Crippen LogP contribution in [0.5, 0.6) is 0 Å². The highest BCUT2D eigenvalue weighted by molar-refractivity contribution is 5.90. The Morgan fingerprint density at radius 3 is 2.61 bits per heavy atom. The van der Waals surface area contributed by atoms with Crippen LogP contribution in [-0.2, 0) is 6.54 Å². The molecular weight excluding hydrogens is 450 g/mol. The summed E-state index contributed by atoms with van der Waals surface area (Å²) in [7, 11) is 4.03. The summed E-state index contributed by atoms with van der Waals surface area (Å²) in [5, 5.41) is 8.84. The Balaban J connectivity index is 1.16. The lowest BCUT2D eigenvalue weighted by atomic mass is 9.86. The molecule has 7 heteroatoms. The molecule has 1 aliphatic carbocycles. The summed E-state index contributed by atoms with van der Waals surface area (Å²) < 4.78 is 5.79. The van der Waals surface area contributed by atoms with Crippen molar-refractivity contribution < 1.29 is 4.42 Å². The molecule has 188 valence electrons. The predicted octanol–water partition coefficient (Wildman–Crippen LogP) is 5.18. The lowest BCUT2D eigenvalue weighted by Crippen LogP contribution is -2.32. The van der Waals surface area contributed by atoms with Gasteiger partial charge in [-0.05, 0) is 81.3 Å². The van der Waals surface area contributed by atoms with Gasteiger partial charge in [0.25, 0.3) is 0 Å². The summed E-state index contributed by atoms with van der Waals surface area (Å²) in [6.45, 7) is 5.42. The fraction of sp³-hybridized carbons (Fsp3) is 0.414. The molecule has 1 fully saturated rings. The average Bonchev–Trinajstić information content (AvgIpc) is 2.85. The van der Waals surface area contributed by atoms with Crippen LogP contribution < -0.4 is 21.0 Å². The highest BCUT2D eigenvalue weighted by Gasteiger charge is 2.22. The van der Waals surface area contributed by atoms with Gasteiger partial charge in [0.15, 0.2) is 5.43 Å². The zero-order chi connectivity index (χ0) is 25.2. The molecule has 0 radical (unpaired) electrons. The molecule has 1 aliphatic rings. The van der Waals surface area contributed by atoms with E-state index in [2.05, 4.69) is 16.7 Å². The third kappa shape index (κ3) is 5.07. The van der Waals surface area contributed by atoms with Crippen molar-refractivity contribution in [3.8, 4) is 0 Å². The van der Waals surface area contributed by atoms with E-state index < -0.39 is 0 Å². The number of rotatable bonds is 7. The number of hydrogen-bond acceptors (Lipinski definition) is 7. The smallest absolute Gasteiger partial charge is 0.225 e. The minimum absolute atomic E-state index is 0.0710. The van der Waals surface area contributed by atoms with Crippen LogP contribution in [0, 0.1) is 19.8 Å². The second kappa shape index (κ2) is 10.3. The third-order valence-corrected chi connectivity index (χ3v) is 7.23. The summed E-state index contributed by atoms with van der Waals surface area (Å²) in [5.41, 5.74) is 4.46. The lowest BCUT2D eigenvalue weighted by molar-refractivity contribution is 0.323. The Hall–Kier alpha value is -3.45. The quantitative estimate of drug-likeness (QED) is 0.373. The van der Waals surface area contributed by atoms with Crippen molar-refractivity contribution >= 4 is 33.6 Å². The molecule has 0 aliphatic heterocycles. The SMILES string of the molecule is Cc1cc(C)c2c(=O)c(CNC[C@H]3CC[C@@H](Nc4nc(N(C)C)c5ccccc5n4)CC3)coc2c1. The predicted molar refractivity (Wildman–Crippen MR) is 147 cm³/mol. The van der Waals surface area contributed by atoms with Crippen LogP contribution in [0.1, 0.15) is 42.4 Å². The number of anilines is 2. The van der Waals surface area contributed by atoms with E-state index in [0.29, 0.717) is 41.0 Å². The number of aryl methyl sites for hydroxylation is 2. The van der Waals surface area contributed by atoms with Crippen LogP contribution in [0.2, 0.25) is 0 Å². The minimum atomic E-state index is 0.0710. The fourth-order valence-corrected chi connectivity index (χ4v) is 5.35. The van der Waals surface area contributed by atoms with Crippen molar-refractivity contribution in [2.45, 2.75) is 52.1 Å². The highest BCUT2D eigenvalue weighted by atomic mass is 16.3. The summed E-state index contributed by atoms with van der Waals surface area (Å²) in [5.74, 6) is 2.23. The van der Waals surface area contributed by atoms with Gasteiger partial charge in [0.1, 0.15) is 11.4 Å². The molecule has 7 nitrogen and oxygen atoms in total. The van der Waals surface area contributed by atoms with E-state index in [1.165, 1.54) is 0 Å². The van der Waals surface area contributed by atoms with Gasteiger partial charge in [0, 0.05) is 37.6 Å². The normalized spacial score (nSPS) is 18.0. The monoisotopic (exact) mass is 485 g/mol. The zero-order valence-electron chi connectivity index (χ0n) is 21.6. The van der Waals surface area contributed by atoms with Crippen molar-refractivity contribution in [1.82, 2.24) is 15.3 Å². The lowest BCUT2D eigenvalue weighted by Gasteiger charge is -2.29. The standard InChI is InChI=1S/C29H35N5O2/c1-18-13-19(2)26-25(14-18)36-17-21(27(26)35)16-30-15-20-9-11-22(12-10-20)31-29-32-24-8-6-5-7-23(24)28(33-29)34(3)4/h5-8,13-14,17,20,22,30H,9-12,15-16H2,1-4H3,(H,31,32,33)/t20-,22+. The molecular formula is C29H35N5O2. The molecule has 2 aromatic heterocycles. The largest absolute Gasteiger partial charge is 0.464 e. The van der Waals surface area contributed by atoms with Crippen LogP contribution in [0.4, 0.5) is 11.8 Å². The molecule has 0 unspecified atom stereocenters. The van der Waals surface area contributed by atoms with Gasteiger partial charge >= 0.3 is 0 Å². The first-order valence-corrected chi connectivity index (χ1v) is 12.8. The number of para-hydroxylation sites is 1. The van der Waals surface area contributed by atoms with Crippen molar-refractivity contribution in [2.75, 3.05) is 30.9 Å². The minimum Gasteiger partial charge on any atom is -0.464 e. The number of benzene rings is 2. The maximum Gasteiger partial charge on any atom is 0.225 e. The van der Waals surface area contributed by atoms with Crippen LogP contribution in [0.25, 0.3) is 21.9 Å². The van der Waals surface area contributed by atoms with Gasteiger partial charge in [-0.2, -0.15) is 4.98 Å². The maximum atomic E-state index is 13.0. The Morgan fingerprint density at radius 1 is 1.06 bits per heavy atom. The summed E-state index contributed by atoms with van der Waals surface area (Å²) in [6, 6.07) is 12.5. The first-order chi connectivity index (χ1) is 17.4. The number of nitrogens with zero attached hydrogens (tertiary/aromatic N) is 3. The van der Waals surface area contributed by atoms with E-state index in [0.717, 1.165) is 60.1 Å². The van der Waals surface area contributed by atoms with Gasteiger partial charge in [-0.3, -0.25) is 4.79 Å². The van der Waals surface area contributed by atoms with Gasteiger partial charge in [-0.25, -0.2) is 4.98 Å². The second-order valence-corrected chi connectivity index (χ2v) is 10.3. The topological polar surface area (TPSA) is 83.3 Å². The van der Waals surface area contributed by atoms with Crippen LogP contribution in [0.15, 0.2) is 51.9 Å². The van der Waals surface area contributed by atoms with E-state index >= 15 is 0 Å². The molecule has 2 N–H and O–H groups in total. The van der Waals surface area contributed by atoms with E-state index in [9.17, 15) is 4.79 Å². The zero-order valence-corrected chi connectivity index (χ0v) is 21.6. The summed E-state index contributed by atoms with van der Waals surface area (Å²) in [4.78, 5) is 24.6. The van der Waals surface area contributed by atoms with E-state index in [1.54, 1.807) is 6.26 Å². The molecule has 0 bridgehead atoms. The second-order valence-electron chi connectivity index (χ2n) is 10.3. The molecule has 5 rings (SSSR count). The number of aromatic nitrogens is 2. The molecule has 36 heavy (non-hydrogen) atoms. The third-order valence-electron chi connectivity index (χ3n) is 7.23. The average molecular weight is 486 g/mol.